The number of benzene rings is 1. The predicted octanol–water partition coefficient (Wildman–Crippen LogP) is 2.24. The molecule has 4 aliphatic rings. The van der Waals surface area contributed by atoms with Gasteiger partial charge < -0.3 is 0 Å². The minimum Gasteiger partial charge on any atom is -0.299 e. The molecule has 4 atom stereocenters. The second-order valence-electron chi connectivity index (χ2n) is 7.62. The lowest BCUT2D eigenvalue weighted by molar-refractivity contribution is -0.145. The molecule has 4 heteroatoms. The number of carbonyl (C=O) groups is 3. The Balaban J connectivity index is 1.90. The Morgan fingerprint density at radius 1 is 0.955 bits per heavy atom. The first-order valence-corrected chi connectivity index (χ1v) is 7.82. The van der Waals surface area contributed by atoms with Crippen LogP contribution in [0.2, 0.25) is 0 Å². The van der Waals surface area contributed by atoms with Crippen LogP contribution in [-0.2, 0) is 14.4 Å². The molecule has 0 aromatic heterocycles. The van der Waals surface area contributed by atoms with Crippen molar-refractivity contribution >= 4 is 17.6 Å². The fourth-order valence-corrected chi connectivity index (χ4v) is 4.62. The number of fused-ring (bicyclic) bond motifs is 1. The highest BCUT2D eigenvalue weighted by Gasteiger charge is 2.63. The number of carbonyl (C=O) groups excluding carboxylic acids is 3. The summed E-state index contributed by atoms with van der Waals surface area (Å²) in [5.74, 6) is -1.57. The zero-order valence-corrected chi connectivity index (χ0v) is 13.0. The van der Waals surface area contributed by atoms with Gasteiger partial charge in [-0.1, -0.05) is 24.3 Å². The number of hydrogen-bond acceptors (Lipinski definition) is 3. The van der Waals surface area contributed by atoms with Gasteiger partial charge in [-0.3, -0.25) is 19.3 Å². The van der Waals surface area contributed by atoms with E-state index in [-0.39, 0.29) is 29.4 Å². The number of ketones is 1. The highest BCUT2D eigenvalue weighted by atomic mass is 16.2. The van der Waals surface area contributed by atoms with Crippen LogP contribution in [0.5, 0.6) is 0 Å². The van der Waals surface area contributed by atoms with Crippen LogP contribution in [0, 0.1) is 11.8 Å². The summed E-state index contributed by atoms with van der Waals surface area (Å²) in [7, 11) is 0. The molecule has 4 unspecified atom stereocenters. The van der Waals surface area contributed by atoms with E-state index in [1.807, 2.05) is 45.0 Å². The monoisotopic (exact) mass is 297 g/mol. The Labute approximate surface area is 129 Å². The Kier molecular flexibility index (Phi) is 2.52. The van der Waals surface area contributed by atoms with Crippen molar-refractivity contribution in [2.45, 2.75) is 44.6 Å². The van der Waals surface area contributed by atoms with Crippen molar-refractivity contribution in [2.24, 2.45) is 11.8 Å². The fourth-order valence-electron chi connectivity index (χ4n) is 4.62. The number of amides is 2. The van der Waals surface area contributed by atoms with Crippen molar-refractivity contribution in [1.29, 1.82) is 0 Å². The van der Waals surface area contributed by atoms with E-state index in [2.05, 4.69) is 0 Å². The van der Waals surface area contributed by atoms with Crippen molar-refractivity contribution in [3.05, 3.63) is 35.4 Å². The van der Waals surface area contributed by atoms with E-state index in [1.165, 1.54) is 4.90 Å². The first kappa shape index (κ1) is 13.7. The van der Waals surface area contributed by atoms with E-state index < -0.39 is 17.4 Å². The second-order valence-corrected chi connectivity index (χ2v) is 7.62. The van der Waals surface area contributed by atoms with Gasteiger partial charge in [0.1, 0.15) is 5.78 Å². The van der Waals surface area contributed by atoms with Crippen molar-refractivity contribution in [2.75, 3.05) is 0 Å². The van der Waals surface area contributed by atoms with Crippen LogP contribution in [0.15, 0.2) is 24.3 Å². The number of imide groups is 1. The molecule has 114 valence electrons. The molecule has 22 heavy (non-hydrogen) atoms. The molecule has 2 amide bonds. The van der Waals surface area contributed by atoms with Gasteiger partial charge in [0, 0.05) is 17.9 Å². The van der Waals surface area contributed by atoms with Crippen LogP contribution in [0.1, 0.15) is 50.2 Å². The molecular formula is C18H19NO3. The van der Waals surface area contributed by atoms with E-state index >= 15 is 0 Å². The smallest absolute Gasteiger partial charge is 0.234 e. The van der Waals surface area contributed by atoms with Crippen LogP contribution in [0.25, 0.3) is 0 Å². The Morgan fingerprint density at radius 2 is 1.55 bits per heavy atom. The molecule has 3 aliphatic carbocycles. The zero-order chi connectivity index (χ0) is 15.8. The minimum absolute atomic E-state index is 0.0977. The largest absolute Gasteiger partial charge is 0.299 e. The van der Waals surface area contributed by atoms with Crippen molar-refractivity contribution in [1.82, 2.24) is 4.90 Å². The van der Waals surface area contributed by atoms with Gasteiger partial charge >= 0.3 is 0 Å². The summed E-state index contributed by atoms with van der Waals surface area (Å²) in [5, 5.41) is 0. The lowest BCUT2D eigenvalue weighted by Gasteiger charge is -2.43. The molecule has 1 heterocycles. The van der Waals surface area contributed by atoms with E-state index in [1.54, 1.807) is 0 Å². The third-order valence-electron chi connectivity index (χ3n) is 5.36. The highest BCUT2D eigenvalue weighted by Crippen LogP contribution is 2.57. The molecule has 0 radical (unpaired) electrons. The van der Waals surface area contributed by atoms with Gasteiger partial charge in [-0.25, -0.2) is 0 Å². The molecule has 1 aromatic rings. The van der Waals surface area contributed by atoms with Crippen LogP contribution in [0.3, 0.4) is 0 Å². The molecule has 1 aliphatic heterocycles. The maximum absolute atomic E-state index is 12.9. The molecule has 5 rings (SSSR count). The summed E-state index contributed by atoms with van der Waals surface area (Å²) >= 11 is 0. The van der Waals surface area contributed by atoms with E-state index in [4.69, 9.17) is 0 Å². The van der Waals surface area contributed by atoms with Gasteiger partial charge in [-0.05, 0) is 31.9 Å². The summed E-state index contributed by atoms with van der Waals surface area (Å²) in [5.41, 5.74) is 1.51. The maximum atomic E-state index is 12.9. The van der Waals surface area contributed by atoms with Crippen LogP contribution >= 0.6 is 0 Å². The molecule has 0 N–H and O–H groups in total. The average molecular weight is 297 g/mol. The van der Waals surface area contributed by atoms with E-state index in [0.717, 1.165) is 11.1 Å². The molecule has 0 spiro atoms. The quantitative estimate of drug-likeness (QED) is 0.690. The first-order valence-electron chi connectivity index (χ1n) is 7.82. The SMILES string of the molecule is CC(C)(C)N1C(=O)C2C3CC(=O)C(c4ccccc43)C2C1=O. The summed E-state index contributed by atoms with van der Waals surface area (Å²) < 4.78 is 0. The highest BCUT2D eigenvalue weighted by molar-refractivity contribution is 6.11. The molecule has 2 fully saturated rings. The molecular weight excluding hydrogens is 278 g/mol. The fraction of sp³-hybridized carbons (Fsp3) is 0.500. The summed E-state index contributed by atoms with van der Waals surface area (Å²) in [4.78, 5) is 39.7. The second kappa shape index (κ2) is 4.06. The number of nitrogens with zero attached hydrogens (tertiary/aromatic N) is 1. The third kappa shape index (κ3) is 1.50. The molecule has 2 bridgehead atoms. The molecule has 1 saturated heterocycles. The molecule has 1 saturated carbocycles. The Bertz CT molecular complexity index is 715. The zero-order valence-electron chi connectivity index (χ0n) is 13.0. The van der Waals surface area contributed by atoms with Gasteiger partial charge in [0.2, 0.25) is 11.8 Å². The minimum atomic E-state index is -0.541. The standard InChI is InChI=1S/C18H19NO3/c1-18(2,3)19-16(21)14-11-8-12(20)13(15(14)17(19)22)10-7-5-4-6-9(10)11/h4-7,11,13-15H,8H2,1-3H3. The van der Waals surface area contributed by atoms with Crippen molar-refractivity contribution in [3.8, 4) is 0 Å². The average Bonchev–Trinajstić information content (AvgIpc) is 2.71. The van der Waals surface area contributed by atoms with E-state index in [0.29, 0.717) is 6.42 Å². The van der Waals surface area contributed by atoms with Gasteiger partial charge in [0.25, 0.3) is 0 Å². The van der Waals surface area contributed by atoms with Crippen molar-refractivity contribution in [3.63, 3.8) is 0 Å². The summed E-state index contributed by atoms with van der Waals surface area (Å²) in [6.07, 6.45) is 0.389. The number of hydrogen-bond donors (Lipinski definition) is 0. The summed E-state index contributed by atoms with van der Waals surface area (Å²) in [6, 6.07) is 7.80. The van der Waals surface area contributed by atoms with E-state index in [9.17, 15) is 14.4 Å². The van der Waals surface area contributed by atoms with Crippen LogP contribution < -0.4 is 0 Å². The van der Waals surface area contributed by atoms with Crippen molar-refractivity contribution < 1.29 is 14.4 Å². The lowest BCUT2D eigenvalue weighted by atomic mass is 9.56. The first-order chi connectivity index (χ1) is 10.3. The third-order valence-corrected chi connectivity index (χ3v) is 5.36. The van der Waals surface area contributed by atoms with Crippen LogP contribution in [0.4, 0.5) is 0 Å². The van der Waals surface area contributed by atoms with Gasteiger partial charge in [-0.15, -0.1) is 0 Å². The number of likely N-dealkylation sites (tertiary alicyclic amines) is 1. The van der Waals surface area contributed by atoms with Gasteiger partial charge in [0.05, 0.1) is 17.8 Å². The predicted molar refractivity (Wildman–Crippen MR) is 80.1 cm³/mol. The summed E-state index contributed by atoms with van der Waals surface area (Å²) in [6.45, 7) is 5.62. The number of rotatable bonds is 0. The Morgan fingerprint density at radius 3 is 2.18 bits per heavy atom. The molecule has 4 nitrogen and oxygen atoms in total. The molecule has 1 aromatic carbocycles. The van der Waals surface area contributed by atoms with Gasteiger partial charge in [-0.2, -0.15) is 0 Å². The number of Topliss-reactive ketones (excluding diaryl/α,β-unsaturated/α-hetero) is 1. The maximum Gasteiger partial charge on any atom is 0.234 e. The van der Waals surface area contributed by atoms with Crippen LogP contribution in [-0.4, -0.2) is 28.0 Å². The lowest BCUT2D eigenvalue weighted by Crippen LogP contribution is -2.46. The Hall–Kier alpha value is -1.97. The topological polar surface area (TPSA) is 54.5 Å². The van der Waals surface area contributed by atoms with Gasteiger partial charge in [0.15, 0.2) is 0 Å². The normalized spacial score (nSPS) is 33.2.